The molecule has 1 heterocycles. The van der Waals surface area contributed by atoms with Crippen molar-refractivity contribution in [3.05, 3.63) is 24.3 Å². The van der Waals surface area contributed by atoms with Crippen LogP contribution in [0.5, 0.6) is 0 Å². The first kappa shape index (κ1) is 10.1. The van der Waals surface area contributed by atoms with Crippen LogP contribution in [0.4, 0.5) is 0 Å². The van der Waals surface area contributed by atoms with Gasteiger partial charge in [0.1, 0.15) is 11.0 Å². The number of benzene rings is 1. The molecule has 0 aliphatic carbocycles. The van der Waals surface area contributed by atoms with Gasteiger partial charge in [-0.1, -0.05) is 38.3 Å². The summed E-state index contributed by atoms with van der Waals surface area (Å²) in [7, 11) is 0. The van der Waals surface area contributed by atoms with E-state index in [1.807, 2.05) is 29.1 Å². The quantitative estimate of drug-likeness (QED) is 0.699. The smallest absolute Gasteiger partial charge is 0.113 e. The Labute approximate surface area is 90.1 Å². The molecule has 1 aromatic carbocycles. The largest absolute Gasteiger partial charge is 0.184 e. The molecule has 0 N–H and O–H groups in total. The summed E-state index contributed by atoms with van der Waals surface area (Å²) < 4.78 is 0. The third kappa shape index (κ3) is 2.55. The van der Waals surface area contributed by atoms with E-state index in [-0.39, 0.29) is 0 Å². The minimum absolute atomic E-state index is 0.939. The van der Waals surface area contributed by atoms with Crippen molar-refractivity contribution in [3.63, 3.8) is 0 Å². The standard InChI is InChI=1S/C12H17N3/c1-2-3-4-7-10-15-13-11-8-5-6-9-12(11)14-15/h5-6,8-9H,2-4,7,10H2,1H3. The predicted octanol–water partition coefficient (Wildman–Crippen LogP) is 3.01. The van der Waals surface area contributed by atoms with Crippen molar-refractivity contribution in [2.75, 3.05) is 0 Å². The summed E-state index contributed by atoms with van der Waals surface area (Å²) in [5.74, 6) is 0. The van der Waals surface area contributed by atoms with E-state index in [4.69, 9.17) is 0 Å². The molecule has 0 amide bonds. The molecule has 0 spiro atoms. The normalized spacial score (nSPS) is 11.0. The minimum Gasteiger partial charge on any atom is -0.184 e. The van der Waals surface area contributed by atoms with Crippen LogP contribution in [0, 0.1) is 0 Å². The Bertz CT molecular complexity index is 386. The highest BCUT2D eigenvalue weighted by Gasteiger charge is 2.00. The lowest BCUT2D eigenvalue weighted by Gasteiger charge is -1.98. The number of unbranched alkanes of at least 4 members (excludes halogenated alkanes) is 3. The van der Waals surface area contributed by atoms with Crippen molar-refractivity contribution in [1.82, 2.24) is 15.0 Å². The second-order valence-electron chi connectivity index (χ2n) is 3.85. The summed E-state index contributed by atoms with van der Waals surface area (Å²) >= 11 is 0. The molecule has 0 saturated heterocycles. The maximum atomic E-state index is 4.42. The van der Waals surface area contributed by atoms with Gasteiger partial charge in [0.05, 0.1) is 6.54 Å². The van der Waals surface area contributed by atoms with E-state index in [1.165, 1.54) is 25.7 Å². The lowest BCUT2D eigenvalue weighted by atomic mass is 10.2. The van der Waals surface area contributed by atoms with E-state index in [1.54, 1.807) is 0 Å². The Kier molecular flexibility index (Phi) is 3.33. The van der Waals surface area contributed by atoms with E-state index in [0.717, 1.165) is 17.6 Å². The summed E-state index contributed by atoms with van der Waals surface area (Å²) in [4.78, 5) is 1.82. The average molecular weight is 203 g/mol. The molecule has 0 radical (unpaired) electrons. The lowest BCUT2D eigenvalue weighted by Crippen LogP contribution is -2.01. The number of rotatable bonds is 5. The zero-order valence-corrected chi connectivity index (χ0v) is 9.19. The van der Waals surface area contributed by atoms with Crippen LogP contribution in [0.2, 0.25) is 0 Å². The first-order valence-electron chi connectivity index (χ1n) is 5.70. The molecule has 0 atom stereocenters. The van der Waals surface area contributed by atoms with Crippen LogP contribution in [0.3, 0.4) is 0 Å². The van der Waals surface area contributed by atoms with Crippen molar-refractivity contribution in [1.29, 1.82) is 0 Å². The van der Waals surface area contributed by atoms with E-state index in [2.05, 4.69) is 17.1 Å². The molecule has 15 heavy (non-hydrogen) atoms. The highest BCUT2D eigenvalue weighted by Crippen LogP contribution is 2.08. The molecule has 1 aromatic heterocycles. The van der Waals surface area contributed by atoms with Gasteiger partial charge in [0.25, 0.3) is 0 Å². The first-order valence-corrected chi connectivity index (χ1v) is 5.70. The summed E-state index contributed by atoms with van der Waals surface area (Å²) in [6, 6.07) is 8.01. The van der Waals surface area contributed by atoms with Crippen molar-refractivity contribution < 1.29 is 0 Å². The van der Waals surface area contributed by atoms with Crippen molar-refractivity contribution in [2.24, 2.45) is 0 Å². The molecule has 3 heteroatoms. The molecule has 3 nitrogen and oxygen atoms in total. The van der Waals surface area contributed by atoms with E-state index in [0.29, 0.717) is 0 Å². The Morgan fingerprint density at radius 3 is 2.27 bits per heavy atom. The third-order valence-corrected chi connectivity index (χ3v) is 2.54. The molecular weight excluding hydrogens is 186 g/mol. The van der Waals surface area contributed by atoms with Crippen LogP contribution in [0.25, 0.3) is 11.0 Å². The molecule has 0 saturated carbocycles. The van der Waals surface area contributed by atoms with Gasteiger partial charge in [-0.05, 0) is 18.6 Å². The molecule has 0 aliphatic rings. The Morgan fingerprint density at radius 2 is 1.67 bits per heavy atom. The summed E-state index contributed by atoms with van der Waals surface area (Å²) in [6.45, 7) is 3.16. The van der Waals surface area contributed by atoms with Gasteiger partial charge in [-0.15, -0.1) is 0 Å². The van der Waals surface area contributed by atoms with Crippen LogP contribution < -0.4 is 0 Å². The van der Waals surface area contributed by atoms with E-state index in [9.17, 15) is 0 Å². The van der Waals surface area contributed by atoms with Gasteiger partial charge in [-0.3, -0.25) is 0 Å². The van der Waals surface area contributed by atoms with E-state index >= 15 is 0 Å². The van der Waals surface area contributed by atoms with Gasteiger partial charge in [0.2, 0.25) is 0 Å². The van der Waals surface area contributed by atoms with Gasteiger partial charge >= 0.3 is 0 Å². The number of aryl methyl sites for hydroxylation is 1. The van der Waals surface area contributed by atoms with Crippen molar-refractivity contribution in [3.8, 4) is 0 Å². The van der Waals surface area contributed by atoms with Crippen molar-refractivity contribution >= 4 is 11.0 Å². The number of hydrogen-bond acceptors (Lipinski definition) is 2. The number of fused-ring (bicyclic) bond motifs is 1. The topological polar surface area (TPSA) is 30.7 Å². The fourth-order valence-electron chi connectivity index (χ4n) is 1.68. The maximum absolute atomic E-state index is 4.42. The Hall–Kier alpha value is -1.38. The number of aromatic nitrogens is 3. The molecule has 2 aromatic rings. The minimum atomic E-state index is 0.939. The van der Waals surface area contributed by atoms with Crippen LogP contribution in [-0.4, -0.2) is 15.0 Å². The summed E-state index contributed by atoms with van der Waals surface area (Å²) in [5, 5.41) is 8.83. The summed E-state index contributed by atoms with van der Waals surface area (Å²) in [5.41, 5.74) is 1.99. The average Bonchev–Trinajstić information content (AvgIpc) is 2.67. The first-order chi connectivity index (χ1) is 7.40. The van der Waals surface area contributed by atoms with Crippen LogP contribution in [-0.2, 0) is 6.54 Å². The second kappa shape index (κ2) is 4.91. The maximum Gasteiger partial charge on any atom is 0.113 e. The lowest BCUT2D eigenvalue weighted by molar-refractivity contribution is 0.495. The van der Waals surface area contributed by atoms with Gasteiger partial charge in [0, 0.05) is 0 Å². The van der Waals surface area contributed by atoms with Crippen molar-refractivity contribution in [2.45, 2.75) is 39.2 Å². The molecule has 0 aliphatic heterocycles. The highest BCUT2D eigenvalue weighted by atomic mass is 15.5. The molecule has 0 fully saturated rings. The van der Waals surface area contributed by atoms with Gasteiger partial charge in [0.15, 0.2) is 0 Å². The molecule has 2 rings (SSSR count). The molecule has 0 bridgehead atoms. The van der Waals surface area contributed by atoms with Gasteiger partial charge < -0.3 is 0 Å². The van der Waals surface area contributed by atoms with Crippen LogP contribution in [0.1, 0.15) is 32.6 Å². The van der Waals surface area contributed by atoms with Crippen LogP contribution in [0.15, 0.2) is 24.3 Å². The number of nitrogens with zero attached hydrogens (tertiary/aromatic N) is 3. The molecule has 0 unspecified atom stereocenters. The Balaban J connectivity index is 1.97. The molecular formula is C12H17N3. The van der Waals surface area contributed by atoms with Crippen LogP contribution >= 0.6 is 0 Å². The van der Waals surface area contributed by atoms with Gasteiger partial charge in [-0.25, -0.2) is 0 Å². The van der Waals surface area contributed by atoms with E-state index < -0.39 is 0 Å². The Morgan fingerprint density at radius 1 is 1.00 bits per heavy atom. The monoisotopic (exact) mass is 203 g/mol. The SMILES string of the molecule is CCCCCCn1nc2ccccc2n1. The zero-order valence-electron chi connectivity index (χ0n) is 9.19. The number of hydrogen-bond donors (Lipinski definition) is 0. The zero-order chi connectivity index (χ0) is 10.5. The second-order valence-corrected chi connectivity index (χ2v) is 3.85. The fraction of sp³-hybridized carbons (Fsp3) is 0.500. The third-order valence-electron chi connectivity index (χ3n) is 2.54. The highest BCUT2D eigenvalue weighted by molar-refractivity contribution is 5.72. The predicted molar refractivity (Wildman–Crippen MR) is 61.7 cm³/mol. The summed E-state index contributed by atoms with van der Waals surface area (Å²) in [6.07, 6.45) is 5.03. The molecule has 80 valence electrons. The van der Waals surface area contributed by atoms with Gasteiger partial charge in [-0.2, -0.15) is 15.0 Å². The fourth-order valence-corrected chi connectivity index (χ4v) is 1.68.